The van der Waals surface area contributed by atoms with Gasteiger partial charge in [0.15, 0.2) is 0 Å². The third-order valence-electron chi connectivity index (χ3n) is 7.70. The van der Waals surface area contributed by atoms with Gasteiger partial charge in [-0.25, -0.2) is 4.98 Å². The molecule has 0 atom stereocenters. The predicted octanol–water partition coefficient (Wildman–Crippen LogP) is 4.53. The van der Waals surface area contributed by atoms with Crippen molar-refractivity contribution in [3.05, 3.63) is 90.6 Å². The first kappa shape index (κ1) is 24.1. The summed E-state index contributed by atoms with van der Waals surface area (Å²) in [4.78, 5) is 27.5. The Morgan fingerprint density at radius 1 is 0.684 bits per heavy atom. The van der Waals surface area contributed by atoms with Crippen LogP contribution in [0.2, 0.25) is 0 Å². The maximum absolute atomic E-state index is 13.6. The molecular formula is C31H33N5O2. The molecule has 1 aromatic heterocycles. The third kappa shape index (κ3) is 4.60. The van der Waals surface area contributed by atoms with E-state index in [0.29, 0.717) is 18.7 Å². The molecule has 0 spiro atoms. The van der Waals surface area contributed by atoms with Crippen LogP contribution in [0.4, 0.5) is 17.2 Å². The lowest BCUT2D eigenvalue weighted by atomic mass is 10.0. The minimum Gasteiger partial charge on any atom is -0.495 e. The molecule has 6 rings (SSSR count). The maximum atomic E-state index is 13.6. The van der Waals surface area contributed by atoms with Crippen molar-refractivity contribution in [3.63, 3.8) is 0 Å². The molecule has 3 heterocycles. The number of aromatic nitrogens is 1. The quantitative estimate of drug-likeness (QED) is 0.396. The molecule has 0 aliphatic carbocycles. The molecule has 0 unspecified atom stereocenters. The zero-order valence-corrected chi connectivity index (χ0v) is 21.8. The Balaban J connectivity index is 1.18. The predicted molar refractivity (Wildman–Crippen MR) is 154 cm³/mol. The zero-order valence-electron chi connectivity index (χ0n) is 21.8. The molecule has 194 valence electrons. The Kier molecular flexibility index (Phi) is 6.73. The topological polar surface area (TPSA) is 52.2 Å². The van der Waals surface area contributed by atoms with Crippen LogP contribution in [-0.4, -0.2) is 75.3 Å². The minimum atomic E-state index is 0.0638. The van der Waals surface area contributed by atoms with Crippen LogP contribution in [-0.2, 0) is 0 Å². The van der Waals surface area contributed by atoms with Crippen molar-refractivity contribution < 1.29 is 9.53 Å². The van der Waals surface area contributed by atoms with Crippen molar-refractivity contribution in [3.8, 4) is 5.75 Å². The number of ether oxygens (including phenoxy) is 1. The van der Waals surface area contributed by atoms with Crippen LogP contribution in [0.5, 0.6) is 5.75 Å². The summed E-state index contributed by atoms with van der Waals surface area (Å²) < 4.78 is 5.58. The van der Waals surface area contributed by atoms with Crippen molar-refractivity contribution in [1.82, 2.24) is 9.88 Å². The van der Waals surface area contributed by atoms with Crippen LogP contribution >= 0.6 is 0 Å². The molecular weight excluding hydrogens is 474 g/mol. The van der Waals surface area contributed by atoms with Gasteiger partial charge in [-0.1, -0.05) is 54.6 Å². The molecule has 7 heteroatoms. The molecule has 38 heavy (non-hydrogen) atoms. The number of amides is 1. The summed E-state index contributed by atoms with van der Waals surface area (Å²) in [5, 5.41) is 2.01. The van der Waals surface area contributed by atoms with Crippen LogP contribution < -0.4 is 19.4 Å². The van der Waals surface area contributed by atoms with Crippen LogP contribution in [0, 0.1) is 0 Å². The average molecular weight is 508 g/mol. The fourth-order valence-electron chi connectivity index (χ4n) is 5.63. The summed E-state index contributed by atoms with van der Waals surface area (Å²) in [6, 6.07) is 26.8. The first-order valence-electron chi connectivity index (χ1n) is 13.3. The van der Waals surface area contributed by atoms with Crippen LogP contribution in [0.1, 0.15) is 10.4 Å². The summed E-state index contributed by atoms with van der Waals surface area (Å²) >= 11 is 0. The summed E-state index contributed by atoms with van der Waals surface area (Å²) in [6.07, 6.45) is 1.79. The zero-order chi connectivity index (χ0) is 25.9. The number of benzene rings is 3. The Bertz CT molecular complexity index is 1410. The van der Waals surface area contributed by atoms with Crippen molar-refractivity contribution >= 4 is 33.9 Å². The molecule has 0 bridgehead atoms. The number of fused-ring (bicyclic) bond motifs is 1. The van der Waals surface area contributed by atoms with Crippen LogP contribution in [0.3, 0.4) is 0 Å². The summed E-state index contributed by atoms with van der Waals surface area (Å²) in [5.41, 5.74) is 3.02. The number of methoxy groups -OCH3 is 1. The molecule has 2 saturated heterocycles. The van der Waals surface area contributed by atoms with E-state index in [-0.39, 0.29) is 5.91 Å². The SMILES string of the molecule is COc1ccccc1N1CCN(c2ncc(C(=O)N3CCN(c4ccccc4)CC3)c3ccccc23)CC1. The smallest absolute Gasteiger partial charge is 0.256 e. The van der Waals surface area contributed by atoms with Gasteiger partial charge in [0, 0.05) is 69.6 Å². The van der Waals surface area contributed by atoms with Crippen molar-refractivity contribution in [2.24, 2.45) is 0 Å². The monoisotopic (exact) mass is 507 g/mol. The van der Waals surface area contributed by atoms with Crippen LogP contribution in [0.15, 0.2) is 85.1 Å². The second kappa shape index (κ2) is 10.6. The lowest BCUT2D eigenvalue weighted by molar-refractivity contribution is 0.0748. The number of anilines is 3. The minimum absolute atomic E-state index is 0.0638. The van der Waals surface area contributed by atoms with E-state index < -0.39 is 0 Å². The Hall–Kier alpha value is -4.26. The van der Waals surface area contributed by atoms with Crippen molar-refractivity contribution in [2.45, 2.75) is 0 Å². The van der Waals surface area contributed by atoms with E-state index in [4.69, 9.17) is 9.72 Å². The van der Waals surface area contributed by atoms with Gasteiger partial charge in [-0.2, -0.15) is 0 Å². The Morgan fingerprint density at radius 2 is 1.29 bits per heavy atom. The molecule has 0 radical (unpaired) electrons. The molecule has 4 aromatic rings. The summed E-state index contributed by atoms with van der Waals surface area (Å²) in [6.45, 7) is 6.52. The number of hydrogen-bond acceptors (Lipinski definition) is 6. The number of pyridine rings is 1. The number of carbonyl (C=O) groups excluding carboxylic acids is 1. The van der Waals surface area contributed by atoms with Crippen molar-refractivity contribution in [1.29, 1.82) is 0 Å². The highest BCUT2D eigenvalue weighted by Gasteiger charge is 2.26. The van der Waals surface area contributed by atoms with E-state index in [1.807, 2.05) is 35.2 Å². The lowest BCUT2D eigenvalue weighted by Gasteiger charge is -2.38. The van der Waals surface area contributed by atoms with E-state index in [2.05, 4.69) is 63.2 Å². The Labute approximate surface area is 223 Å². The average Bonchev–Trinajstić information content (AvgIpc) is 3.01. The van der Waals surface area contributed by atoms with Crippen molar-refractivity contribution in [2.75, 3.05) is 74.2 Å². The largest absolute Gasteiger partial charge is 0.495 e. The molecule has 0 saturated carbocycles. The fraction of sp³-hybridized carbons (Fsp3) is 0.290. The van der Waals surface area contributed by atoms with E-state index in [1.54, 1.807) is 13.3 Å². The first-order chi connectivity index (χ1) is 18.7. The Morgan fingerprint density at radius 3 is 2.03 bits per heavy atom. The van der Waals surface area contributed by atoms with E-state index in [1.165, 1.54) is 5.69 Å². The van der Waals surface area contributed by atoms with Gasteiger partial charge in [-0.05, 0) is 29.7 Å². The highest BCUT2D eigenvalue weighted by molar-refractivity contribution is 6.09. The van der Waals surface area contributed by atoms with Gasteiger partial charge in [0.2, 0.25) is 0 Å². The standard InChI is InChI=1S/C31H33N5O2/c1-38-29-14-8-7-13-28(29)34-17-19-35(20-18-34)30-26-12-6-5-11-25(26)27(23-32-30)31(37)36-21-15-33(16-22-36)24-9-3-2-4-10-24/h2-14,23H,15-22H2,1H3. The van der Waals surface area contributed by atoms with Gasteiger partial charge < -0.3 is 24.3 Å². The highest BCUT2D eigenvalue weighted by Crippen LogP contribution is 2.32. The summed E-state index contributed by atoms with van der Waals surface area (Å²) in [7, 11) is 1.72. The molecule has 1 amide bonds. The van der Waals surface area contributed by atoms with Gasteiger partial charge in [-0.15, -0.1) is 0 Å². The second-order valence-electron chi connectivity index (χ2n) is 9.80. The third-order valence-corrected chi connectivity index (χ3v) is 7.70. The van der Waals surface area contributed by atoms with Gasteiger partial charge in [0.25, 0.3) is 5.91 Å². The number of rotatable bonds is 5. The van der Waals surface area contributed by atoms with Gasteiger partial charge >= 0.3 is 0 Å². The lowest BCUT2D eigenvalue weighted by Crippen LogP contribution is -2.49. The molecule has 2 aliphatic heterocycles. The molecule has 7 nitrogen and oxygen atoms in total. The molecule has 2 fully saturated rings. The molecule has 0 N–H and O–H groups in total. The van der Waals surface area contributed by atoms with Crippen LogP contribution in [0.25, 0.3) is 10.8 Å². The highest BCUT2D eigenvalue weighted by atomic mass is 16.5. The van der Waals surface area contributed by atoms with E-state index in [0.717, 1.165) is 67.3 Å². The summed E-state index contributed by atoms with van der Waals surface area (Å²) in [5.74, 6) is 1.91. The number of piperazine rings is 2. The number of carbonyl (C=O) groups is 1. The van der Waals surface area contributed by atoms with E-state index in [9.17, 15) is 4.79 Å². The normalized spacial score (nSPS) is 16.1. The molecule has 3 aromatic carbocycles. The number of nitrogens with zero attached hydrogens (tertiary/aromatic N) is 5. The van der Waals surface area contributed by atoms with Gasteiger partial charge in [-0.3, -0.25) is 4.79 Å². The first-order valence-corrected chi connectivity index (χ1v) is 13.3. The van der Waals surface area contributed by atoms with Gasteiger partial charge in [0.05, 0.1) is 18.4 Å². The van der Waals surface area contributed by atoms with E-state index >= 15 is 0 Å². The second-order valence-corrected chi connectivity index (χ2v) is 9.80. The number of hydrogen-bond donors (Lipinski definition) is 0. The molecule has 2 aliphatic rings. The fourth-order valence-corrected chi connectivity index (χ4v) is 5.63. The van der Waals surface area contributed by atoms with Gasteiger partial charge in [0.1, 0.15) is 11.6 Å². The maximum Gasteiger partial charge on any atom is 0.256 e. The number of para-hydroxylation sites is 3.